The van der Waals surface area contributed by atoms with Crippen molar-refractivity contribution in [3.05, 3.63) is 0 Å². The van der Waals surface area contributed by atoms with Crippen molar-refractivity contribution in [3.63, 3.8) is 0 Å². The van der Waals surface area contributed by atoms with Crippen molar-refractivity contribution in [1.29, 1.82) is 0 Å². The highest BCUT2D eigenvalue weighted by atomic mass is 16.5. The van der Waals surface area contributed by atoms with Gasteiger partial charge in [-0.05, 0) is 31.6 Å². The average molecular weight is 408 g/mol. The number of rotatable bonds is 5. The lowest BCUT2D eigenvalue weighted by atomic mass is 9.73. The molecule has 10 heteroatoms. The van der Waals surface area contributed by atoms with Gasteiger partial charge in [0, 0.05) is 6.04 Å². The standard InChI is InChI=1S/C19H28N4O6/c1-12-6-4-5-9-19(12)16(26)23(18(28)22-19)10-15(25)29-11-14(24)21-17(27)20-13-7-2-3-8-13/h12-13H,2-11H2,1H3,(H,22,28)(H2,20,21,24,27)/t12-,19-/m0/s1. The second-order valence-corrected chi connectivity index (χ2v) is 8.10. The third-order valence-corrected chi connectivity index (χ3v) is 6.10. The molecule has 1 aliphatic heterocycles. The molecule has 2 saturated carbocycles. The Morgan fingerprint density at radius 3 is 2.52 bits per heavy atom. The van der Waals surface area contributed by atoms with Crippen molar-refractivity contribution < 1.29 is 28.7 Å². The summed E-state index contributed by atoms with van der Waals surface area (Å²) >= 11 is 0. The van der Waals surface area contributed by atoms with Gasteiger partial charge < -0.3 is 15.4 Å². The van der Waals surface area contributed by atoms with Crippen molar-refractivity contribution in [2.75, 3.05) is 13.2 Å². The molecule has 1 heterocycles. The molecule has 3 rings (SSSR count). The fourth-order valence-corrected chi connectivity index (χ4v) is 4.41. The summed E-state index contributed by atoms with van der Waals surface area (Å²) in [6, 6.07) is -1.19. The Balaban J connectivity index is 1.44. The molecule has 0 unspecified atom stereocenters. The molecule has 3 aliphatic rings. The third kappa shape index (κ3) is 4.68. The molecule has 160 valence electrons. The number of nitrogens with one attached hydrogen (secondary N) is 3. The number of imide groups is 2. The van der Waals surface area contributed by atoms with E-state index in [9.17, 15) is 24.0 Å². The zero-order chi connectivity index (χ0) is 21.0. The predicted molar refractivity (Wildman–Crippen MR) is 100 cm³/mol. The van der Waals surface area contributed by atoms with Crippen LogP contribution in [0.1, 0.15) is 58.3 Å². The lowest BCUT2D eigenvalue weighted by Crippen LogP contribution is -2.54. The monoisotopic (exact) mass is 408 g/mol. The molecule has 0 aromatic heterocycles. The van der Waals surface area contributed by atoms with Gasteiger partial charge in [0.15, 0.2) is 6.61 Å². The molecule has 3 N–H and O–H groups in total. The first-order valence-corrected chi connectivity index (χ1v) is 10.2. The summed E-state index contributed by atoms with van der Waals surface area (Å²) < 4.78 is 4.83. The average Bonchev–Trinajstić information content (AvgIpc) is 3.25. The molecule has 0 bridgehead atoms. The number of amides is 6. The van der Waals surface area contributed by atoms with E-state index in [4.69, 9.17) is 4.74 Å². The Morgan fingerprint density at radius 1 is 1.14 bits per heavy atom. The Bertz CT molecular complexity index is 705. The molecule has 3 fully saturated rings. The zero-order valence-corrected chi connectivity index (χ0v) is 16.6. The number of esters is 1. The second-order valence-electron chi connectivity index (χ2n) is 8.10. The van der Waals surface area contributed by atoms with Crippen molar-refractivity contribution in [2.24, 2.45) is 5.92 Å². The van der Waals surface area contributed by atoms with Crippen LogP contribution in [0.2, 0.25) is 0 Å². The van der Waals surface area contributed by atoms with Crippen LogP contribution in [0.4, 0.5) is 9.59 Å². The molecule has 29 heavy (non-hydrogen) atoms. The van der Waals surface area contributed by atoms with E-state index in [0.29, 0.717) is 6.42 Å². The second kappa shape index (κ2) is 8.79. The Morgan fingerprint density at radius 2 is 1.83 bits per heavy atom. The SMILES string of the molecule is C[C@H]1CCCC[C@]12NC(=O)N(CC(=O)OCC(=O)NC(=O)NC1CCCC1)C2=O. The third-order valence-electron chi connectivity index (χ3n) is 6.10. The van der Waals surface area contributed by atoms with Gasteiger partial charge >= 0.3 is 18.0 Å². The minimum Gasteiger partial charge on any atom is -0.454 e. The van der Waals surface area contributed by atoms with E-state index in [2.05, 4.69) is 16.0 Å². The maximum absolute atomic E-state index is 12.8. The van der Waals surface area contributed by atoms with Gasteiger partial charge in [0.25, 0.3) is 11.8 Å². The maximum Gasteiger partial charge on any atom is 0.326 e. The largest absolute Gasteiger partial charge is 0.454 e. The van der Waals surface area contributed by atoms with Gasteiger partial charge in [-0.1, -0.05) is 32.6 Å². The van der Waals surface area contributed by atoms with Gasteiger partial charge in [0.2, 0.25) is 0 Å². The van der Waals surface area contributed by atoms with E-state index >= 15 is 0 Å². The van der Waals surface area contributed by atoms with Gasteiger partial charge in [-0.25, -0.2) is 9.59 Å². The quantitative estimate of drug-likeness (QED) is 0.455. The Labute approximate surface area is 169 Å². The number of urea groups is 2. The van der Waals surface area contributed by atoms with Crippen LogP contribution in [-0.4, -0.2) is 59.5 Å². The van der Waals surface area contributed by atoms with Gasteiger partial charge in [-0.2, -0.15) is 0 Å². The van der Waals surface area contributed by atoms with Crippen LogP contribution < -0.4 is 16.0 Å². The topological polar surface area (TPSA) is 134 Å². The fourth-order valence-electron chi connectivity index (χ4n) is 4.41. The minimum absolute atomic E-state index is 0.0159. The van der Waals surface area contributed by atoms with Crippen molar-refractivity contribution in [1.82, 2.24) is 20.9 Å². The zero-order valence-electron chi connectivity index (χ0n) is 16.6. The first-order chi connectivity index (χ1) is 13.8. The fraction of sp³-hybridized carbons (Fsp3) is 0.737. The van der Waals surface area contributed by atoms with Crippen molar-refractivity contribution in [3.8, 4) is 0 Å². The predicted octanol–water partition coefficient (Wildman–Crippen LogP) is 0.799. The van der Waals surface area contributed by atoms with Crippen LogP contribution in [-0.2, 0) is 19.1 Å². The van der Waals surface area contributed by atoms with E-state index in [1.165, 1.54) is 0 Å². The minimum atomic E-state index is -0.953. The smallest absolute Gasteiger partial charge is 0.326 e. The van der Waals surface area contributed by atoms with Crippen molar-refractivity contribution in [2.45, 2.75) is 69.9 Å². The number of hydrogen-bond donors (Lipinski definition) is 3. The summed E-state index contributed by atoms with van der Waals surface area (Å²) in [5.41, 5.74) is -0.953. The van der Waals surface area contributed by atoms with Crippen LogP contribution in [0.15, 0.2) is 0 Å². The highest BCUT2D eigenvalue weighted by molar-refractivity contribution is 6.09. The molecule has 2 aliphatic carbocycles. The number of nitrogens with zero attached hydrogens (tertiary/aromatic N) is 1. The Hall–Kier alpha value is -2.65. The Kier molecular flexibility index (Phi) is 6.39. The summed E-state index contributed by atoms with van der Waals surface area (Å²) in [4.78, 5) is 61.4. The van der Waals surface area contributed by atoms with Crippen LogP contribution in [0.3, 0.4) is 0 Å². The summed E-state index contributed by atoms with van der Waals surface area (Å²) in [6.45, 7) is 0.683. The summed E-state index contributed by atoms with van der Waals surface area (Å²) in [6.07, 6.45) is 7.04. The lowest BCUT2D eigenvalue weighted by molar-refractivity contribution is -0.151. The molecule has 1 saturated heterocycles. The highest BCUT2D eigenvalue weighted by Crippen LogP contribution is 2.38. The molecule has 2 atom stereocenters. The van der Waals surface area contributed by atoms with Gasteiger partial charge in [-0.15, -0.1) is 0 Å². The normalized spacial score (nSPS) is 27.1. The van der Waals surface area contributed by atoms with Crippen LogP contribution >= 0.6 is 0 Å². The molecule has 0 aromatic rings. The summed E-state index contributed by atoms with van der Waals surface area (Å²) in [5, 5.41) is 7.53. The molecular weight excluding hydrogens is 380 g/mol. The van der Waals surface area contributed by atoms with E-state index in [1.54, 1.807) is 0 Å². The molecule has 0 aromatic carbocycles. The van der Waals surface area contributed by atoms with Gasteiger partial charge in [-0.3, -0.25) is 24.6 Å². The van der Waals surface area contributed by atoms with Crippen LogP contribution in [0, 0.1) is 5.92 Å². The number of hydrogen-bond acceptors (Lipinski definition) is 6. The van der Waals surface area contributed by atoms with Gasteiger partial charge in [0.05, 0.1) is 0 Å². The maximum atomic E-state index is 12.8. The molecule has 10 nitrogen and oxygen atoms in total. The van der Waals surface area contributed by atoms with Gasteiger partial charge in [0.1, 0.15) is 12.1 Å². The van der Waals surface area contributed by atoms with Crippen molar-refractivity contribution >= 4 is 29.8 Å². The number of ether oxygens (including phenoxy) is 1. The van der Waals surface area contributed by atoms with Crippen LogP contribution in [0.25, 0.3) is 0 Å². The van der Waals surface area contributed by atoms with E-state index in [-0.39, 0.29) is 12.0 Å². The lowest BCUT2D eigenvalue weighted by Gasteiger charge is -2.36. The number of carbonyl (C=O) groups is 5. The van der Waals surface area contributed by atoms with Crippen LogP contribution in [0.5, 0.6) is 0 Å². The summed E-state index contributed by atoms with van der Waals surface area (Å²) in [7, 11) is 0. The number of carbonyl (C=O) groups excluding carboxylic acids is 5. The molecular formula is C19H28N4O6. The van der Waals surface area contributed by atoms with E-state index in [1.807, 2.05) is 6.92 Å². The molecule has 6 amide bonds. The summed E-state index contributed by atoms with van der Waals surface area (Å²) in [5.74, 6) is -2.10. The first kappa shape index (κ1) is 21.1. The van der Waals surface area contributed by atoms with E-state index in [0.717, 1.165) is 49.8 Å². The first-order valence-electron chi connectivity index (χ1n) is 10.2. The van der Waals surface area contributed by atoms with E-state index < -0.39 is 48.5 Å². The molecule has 0 radical (unpaired) electrons. The highest BCUT2D eigenvalue weighted by Gasteiger charge is 2.55. The molecule has 1 spiro atoms.